The number of hydrogen-bond acceptors (Lipinski definition) is 4. The molecular weight excluding hydrogens is 236 g/mol. The first-order valence-corrected chi connectivity index (χ1v) is 7.25. The summed E-state index contributed by atoms with van der Waals surface area (Å²) in [6.45, 7) is 8.71. The SMILES string of the molecule is Cc1cnc(NC2CCC(NC(C)(C)C)CC2)nc1. The molecule has 0 radical (unpaired) electrons. The van der Waals surface area contributed by atoms with Crippen molar-refractivity contribution in [1.82, 2.24) is 15.3 Å². The first-order valence-electron chi connectivity index (χ1n) is 7.25. The third-order valence-electron chi connectivity index (χ3n) is 3.48. The molecule has 0 saturated heterocycles. The summed E-state index contributed by atoms with van der Waals surface area (Å²) in [4.78, 5) is 8.63. The van der Waals surface area contributed by atoms with Crippen LogP contribution < -0.4 is 10.6 Å². The van der Waals surface area contributed by atoms with Gasteiger partial charge in [0.2, 0.25) is 5.95 Å². The van der Waals surface area contributed by atoms with E-state index in [1.54, 1.807) is 0 Å². The molecule has 1 heterocycles. The summed E-state index contributed by atoms with van der Waals surface area (Å²) < 4.78 is 0. The molecule has 1 aliphatic carbocycles. The van der Waals surface area contributed by atoms with Crippen LogP contribution in [-0.4, -0.2) is 27.6 Å². The van der Waals surface area contributed by atoms with Crippen molar-refractivity contribution in [2.45, 2.75) is 71.0 Å². The van der Waals surface area contributed by atoms with E-state index in [0.717, 1.165) is 11.5 Å². The van der Waals surface area contributed by atoms with Crippen LogP contribution >= 0.6 is 0 Å². The predicted molar refractivity (Wildman–Crippen MR) is 79.3 cm³/mol. The van der Waals surface area contributed by atoms with E-state index in [1.807, 2.05) is 19.3 Å². The number of rotatable bonds is 3. The molecule has 0 amide bonds. The van der Waals surface area contributed by atoms with E-state index >= 15 is 0 Å². The van der Waals surface area contributed by atoms with Gasteiger partial charge < -0.3 is 10.6 Å². The van der Waals surface area contributed by atoms with Crippen LogP contribution in [-0.2, 0) is 0 Å². The standard InChI is InChI=1S/C15H26N4/c1-11-9-16-14(17-10-11)18-12-5-7-13(8-6-12)19-15(2,3)4/h9-10,12-13,19H,5-8H2,1-4H3,(H,16,17,18). The van der Waals surface area contributed by atoms with Gasteiger partial charge in [-0.15, -0.1) is 0 Å². The first kappa shape index (κ1) is 14.3. The van der Waals surface area contributed by atoms with Crippen LogP contribution in [0.1, 0.15) is 52.0 Å². The normalized spacial score (nSPS) is 24.2. The van der Waals surface area contributed by atoms with Crippen molar-refractivity contribution >= 4 is 5.95 Å². The van der Waals surface area contributed by atoms with Crippen molar-refractivity contribution in [3.05, 3.63) is 18.0 Å². The minimum atomic E-state index is 0.213. The van der Waals surface area contributed by atoms with Gasteiger partial charge in [-0.3, -0.25) is 0 Å². The van der Waals surface area contributed by atoms with Crippen LogP contribution in [0, 0.1) is 6.92 Å². The van der Waals surface area contributed by atoms with Gasteiger partial charge in [0.1, 0.15) is 0 Å². The second-order valence-electron chi connectivity index (χ2n) is 6.67. The van der Waals surface area contributed by atoms with Gasteiger partial charge >= 0.3 is 0 Å². The van der Waals surface area contributed by atoms with Crippen LogP contribution in [0.15, 0.2) is 12.4 Å². The second-order valence-corrected chi connectivity index (χ2v) is 6.67. The van der Waals surface area contributed by atoms with Crippen molar-refractivity contribution < 1.29 is 0 Å². The number of nitrogens with one attached hydrogen (secondary N) is 2. The van der Waals surface area contributed by atoms with Gasteiger partial charge in [0.25, 0.3) is 0 Å². The van der Waals surface area contributed by atoms with E-state index in [0.29, 0.717) is 12.1 Å². The lowest BCUT2D eigenvalue weighted by Gasteiger charge is -2.34. The molecule has 0 bridgehead atoms. The lowest BCUT2D eigenvalue weighted by molar-refractivity contribution is 0.286. The molecule has 0 unspecified atom stereocenters. The third kappa shape index (κ3) is 4.78. The fourth-order valence-electron chi connectivity index (χ4n) is 2.64. The van der Waals surface area contributed by atoms with Crippen LogP contribution in [0.3, 0.4) is 0 Å². The molecule has 1 aromatic rings. The highest BCUT2D eigenvalue weighted by Crippen LogP contribution is 2.22. The van der Waals surface area contributed by atoms with Crippen molar-refractivity contribution in [2.24, 2.45) is 0 Å². The molecule has 1 aliphatic rings. The number of aryl methyl sites for hydroxylation is 1. The maximum atomic E-state index is 4.31. The van der Waals surface area contributed by atoms with Gasteiger partial charge in [0.15, 0.2) is 0 Å². The average Bonchev–Trinajstić information content (AvgIpc) is 2.33. The molecule has 19 heavy (non-hydrogen) atoms. The minimum Gasteiger partial charge on any atom is -0.351 e. The number of hydrogen-bond donors (Lipinski definition) is 2. The molecule has 0 atom stereocenters. The zero-order chi connectivity index (χ0) is 13.9. The molecule has 0 aromatic carbocycles. The van der Waals surface area contributed by atoms with E-state index in [9.17, 15) is 0 Å². The predicted octanol–water partition coefficient (Wildman–Crippen LogP) is 2.90. The van der Waals surface area contributed by atoms with E-state index in [1.165, 1.54) is 25.7 Å². The van der Waals surface area contributed by atoms with Crippen LogP contribution in [0.4, 0.5) is 5.95 Å². The fourth-order valence-corrected chi connectivity index (χ4v) is 2.64. The topological polar surface area (TPSA) is 49.8 Å². The van der Waals surface area contributed by atoms with Crippen LogP contribution in [0.2, 0.25) is 0 Å². The third-order valence-corrected chi connectivity index (χ3v) is 3.48. The molecule has 4 nitrogen and oxygen atoms in total. The summed E-state index contributed by atoms with van der Waals surface area (Å²) in [6, 6.07) is 1.16. The van der Waals surface area contributed by atoms with Crippen molar-refractivity contribution in [1.29, 1.82) is 0 Å². The van der Waals surface area contributed by atoms with E-state index in [2.05, 4.69) is 41.4 Å². The van der Waals surface area contributed by atoms with Crippen LogP contribution in [0.5, 0.6) is 0 Å². The molecule has 4 heteroatoms. The summed E-state index contributed by atoms with van der Waals surface area (Å²) >= 11 is 0. The Labute approximate surface area is 116 Å². The maximum absolute atomic E-state index is 4.31. The Morgan fingerprint density at radius 3 is 2.05 bits per heavy atom. The average molecular weight is 262 g/mol. The highest BCUT2D eigenvalue weighted by Gasteiger charge is 2.24. The maximum Gasteiger partial charge on any atom is 0.222 e. The Bertz CT molecular complexity index is 386. The lowest BCUT2D eigenvalue weighted by Crippen LogP contribution is -2.46. The van der Waals surface area contributed by atoms with Crippen molar-refractivity contribution in [3.63, 3.8) is 0 Å². The Morgan fingerprint density at radius 2 is 1.53 bits per heavy atom. The van der Waals surface area contributed by atoms with Crippen LogP contribution in [0.25, 0.3) is 0 Å². The molecule has 2 rings (SSSR count). The van der Waals surface area contributed by atoms with Crippen molar-refractivity contribution in [2.75, 3.05) is 5.32 Å². The van der Waals surface area contributed by atoms with Crippen molar-refractivity contribution in [3.8, 4) is 0 Å². The van der Waals surface area contributed by atoms with E-state index in [-0.39, 0.29) is 5.54 Å². The molecule has 0 spiro atoms. The van der Waals surface area contributed by atoms with Gasteiger partial charge in [-0.25, -0.2) is 9.97 Å². The summed E-state index contributed by atoms with van der Waals surface area (Å²) in [5.74, 6) is 0.762. The lowest BCUT2D eigenvalue weighted by atomic mass is 9.89. The number of aromatic nitrogens is 2. The van der Waals surface area contributed by atoms with Gasteiger partial charge in [0.05, 0.1) is 0 Å². The molecule has 1 aromatic heterocycles. The first-order chi connectivity index (χ1) is 8.92. The highest BCUT2D eigenvalue weighted by atomic mass is 15.1. The number of anilines is 1. The molecule has 1 saturated carbocycles. The van der Waals surface area contributed by atoms with Gasteiger partial charge in [-0.2, -0.15) is 0 Å². The van der Waals surface area contributed by atoms with E-state index in [4.69, 9.17) is 0 Å². The quantitative estimate of drug-likeness (QED) is 0.879. The largest absolute Gasteiger partial charge is 0.351 e. The summed E-state index contributed by atoms with van der Waals surface area (Å²) in [5, 5.41) is 7.13. The minimum absolute atomic E-state index is 0.213. The fraction of sp³-hybridized carbons (Fsp3) is 0.733. The number of nitrogens with zero attached hydrogens (tertiary/aromatic N) is 2. The Morgan fingerprint density at radius 1 is 1.00 bits per heavy atom. The zero-order valence-electron chi connectivity index (χ0n) is 12.5. The molecular formula is C15H26N4. The second kappa shape index (κ2) is 5.87. The van der Waals surface area contributed by atoms with Gasteiger partial charge in [-0.1, -0.05) is 0 Å². The molecule has 1 fully saturated rings. The summed E-state index contributed by atoms with van der Waals surface area (Å²) in [6.07, 6.45) is 8.54. The summed E-state index contributed by atoms with van der Waals surface area (Å²) in [7, 11) is 0. The van der Waals surface area contributed by atoms with Gasteiger partial charge in [0, 0.05) is 30.0 Å². The van der Waals surface area contributed by atoms with E-state index < -0.39 is 0 Å². The molecule has 106 valence electrons. The highest BCUT2D eigenvalue weighted by molar-refractivity contribution is 5.26. The van der Waals surface area contributed by atoms with Gasteiger partial charge in [-0.05, 0) is 58.9 Å². The Balaban J connectivity index is 1.79. The summed E-state index contributed by atoms with van der Waals surface area (Å²) in [5.41, 5.74) is 1.31. The Kier molecular flexibility index (Phi) is 4.40. The zero-order valence-corrected chi connectivity index (χ0v) is 12.5. The molecule has 2 N–H and O–H groups in total. The Hall–Kier alpha value is -1.16. The molecule has 0 aliphatic heterocycles. The smallest absolute Gasteiger partial charge is 0.222 e. The monoisotopic (exact) mass is 262 g/mol.